The molecule has 0 bridgehead atoms. The molecule has 2 N–H and O–H groups in total. The lowest BCUT2D eigenvalue weighted by atomic mass is 9.68. The predicted octanol–water partition coefficient (Wildman–Crippen LogP) is 4.72. The molecule has 152 valence electrons. The monoisotopic (exact) mass is 381 g/mol. The zero-order valence-corrected chi connectivity index (χ0v) is 17.8. The van der Waals surface area contributed by atoms with Crippen molar-refractivity contribution in [2.45, 2.75) is 66.0 Å². The SMILES string of the molecule is CC(C)[C@@H]1CC[C@@H](C)C[C@H]1C(=O)Cc1cc(-c2ccccc2)nn1C[C@@H](C)N. The molecular weight excluding hydrogens is 346 g/mol. The van der Waals surface area contributed by atoms with Crippen LogP contribution in [0.25, 0.3) is 11.3 Å². The minimum atomic E-state index is -0.00418. The molecule has 0 amide bonds. The van der Waals surface area contributed by atoms with Crippen molar-refractivity contribution in [3.63, 3.8) is 0 Å². The summed E-state index contributed by atoms with van der Waals surface area (Å²) in [7, 11) is 0. The van der Waals surface area contributed by atoms with E-state index in [0.29, 0.717) is 36.5 Å². The van der Waals surface area contributed by atoms with Gasteiger partial charge >= 0.3 is 0 Å². The average molecular weight is 382 g/mol. The minimum Gasteiger partial charge on any atom is -0.326 e. The average Bonchev–Trinajstić information content (AvgIpc) is 3.03. The summed E-state index contributed by atoms with van der Waals surface area (Å²) >= 11 is 0. The lowest BCUT2D eigenvalue weighted by Crippen LogP contribution is -2.34. The fourth-order valence-electron chi connectivity index (χ4n) is 4.66. The Labute approximate surface area is 169 Å². The largest absolute Gasteiger partial charge is 0.326 e. The van der Waals surface area contributed by atoms with Gasteiger partial charge in [0.15, 0.2) is 0 Å². The van der Waals surface area contributed by atoms with E-state index in [1.165, 1.54) is 12.8 Å². The van der Waals surface area contributed by atoms with Crippen molar-refractivity contribution in [1.29, 1.82) is 0 Å². The Morgan fingerprint density at radius 3 is 2.57 bits per heavy atom. The van der Waals surface area contributed by atoms with Gasteiger partial charge in [0.2, 0.25) is 0 Å². The summed E-state index contributed by atoms with van der Waals surface area (Å²) in [6, 6.07) is 12.2. The Bertz CT molecular complexity index is 778. The van der Waals surface area contributed by atoms with Crippen LogP contribution < -0.4 is 5.73 Å². The van der Waals surface area contributed by atoms with Gasteiger partial charge in [-0.25, -0.2) is 0 Å². The number of nitrogens with zero attached hydrogens (tertiary/aromatic N) is 2. The van der Waals surface area contributed by atoms with E-state index in [4.69, 9.17) is 10.8 Å². The smallest absolute Gasteiger partial charge is 0.142 e. The number of carbonyl (C=O) groups is 1. The van der Waals surface area contributed by atoms with Gasteiger partial charge in [0.05, 0.1) is 12.2 Å². The fraction of sp³-hybridized carbons (Fsp3) is 0.583. The number of rotatable bonds is 7. The molecule has 0 unspecified atom stereocenters. The Morgan fingerprint density at radius 2 is 1.93 bits per heavy atom. The quantitative estimate of drug-likeness (QED) is 0.755. The molecule has 28 heavy (non-hydrogen) atoms. The van der Waals surface area contributed by atoms with Crippen molar-refractivity contribution in [2.75, 3.05) is 0 Å². The summed E-state index contributed by atoms with van der Waals surface area (Å²) in [5.74, 6) is 2.23. The van der Waals surface area contributed by atoms with Crippen LogP contribution in [0, 0.1) is 23.7 Å². The molecule has 0 spiro atoms. The van der Waals surface area contributed by atoms with E-state index in [-0.39, 0.29) is 12.0 Å². The molecular formula is C24H35N3O. The second kappa shape index (κ2) is 9.04. The van der Waals surface area contributed by atoms with Gasteiger partial charge in [0.1, 0.15) is 5.78 Å². The highest BCUT2D eigenvalue weighted by molar-refractivity contribution is 5.83. The Balaban J connectivity index is 1.85. The van der Waals surface area contributed by atoms with Crippen molar-refractivity contribution in [3.8, 4) is 11.3 Å². The summed E-state index contributed by atoms with van der Waals surface area (Å²) in [6.45, 7) is 9.41. The predicted molar refractivity (Wildman–Crippen MR) is 115 cm³/mol. The summed E-state index contributed by atoms with van der Waals surface area (Å²) < 4.78 is 1.95. The molecule has 1 saturated carbocycles. The lowest BCUT2D eigenvalue weighted by molar-refractivity contribution is -0.126. The molecule has 1 aromatic carbocycles. The van der Waals surface area contributed by atoms with Crippen molar-refractivity contribution in [3.05, 3.63) is 42.1 Å². The van der Waals surface area contributed by atoms with E-state index in [2.05, 4.69) is 39.0 Å². The molecule has 1 aliphatic carbocycles. The summed E-state index contributed by atoms with van der Waals surface area (Å²) in [5.41, 5.74) is 9.03. The highest BCUT2D eigenvalue weighted by atomic mass is 16.1. The molecule has 1 fully saturated rings. The number of Topliss-reactive ketones (excluding diaryl/α,β-unsaturated/α-hetero) is 1. The van der Waals surface area contributed by atoms with Crippen LogP contribution in [0.2, 0.25) is 0 Å². The molecule has 1 aromatic heterocycles. The van der Waals surface area contributed by atoms with Crippen LogP contribution in [-0.4, -0.2) is 21.6 Å². The molecule has 3 rings (SSSR count). The minimum absolute atomic E-state index is 0.00418. The van der Waals surface area contributed by atoms with E-state index in [1.807, 2.05) is 29.8 Å². The summed E-state index contributed by atoms with van der Waals surface area (Å²) in [5, 5.41) is 4.77. The van der Waals surface area contributed by atoms with Crippen LogP contribution >= 0.6 is 0 Å². The van der Waals surface area contributed by atoms with E-state index in [1.54, 1.807) is 0 Å². The van der Waals surface area contributed by atoms with Crippen LogP contribution in [0.4, 0.5) is 0 Å². The van der Waals surface area contributed by atoms with Crippen molar-refractivity contribution < 1.29 is 4.79 Å². The molecule has 1 heterocycles. The first-order chi connectivity index (χ1) is 13.3. The first-order valence-corrected chi connectivity index (χ1v) is 10.8. The van der Waals surface area contributed by atoms with Crippen molar-refractivity contribution in [1.82, 2.24) is 9.78 Å². The molecule has 4 atom stereocenters. The molecule has 0 radical (unpaired) electrons. The number of benzene rings is 1. The third-order valence-electron chi connectivity index (χ3n) is 6.18. The second-order valence-electron chi connectivity index (χ2n) is 9.12. The van der Waals surface area contributed by atoms with E-state index in [9.17, 15) is 4.79 Å². The van der Waals surface area contributed by atoms with Crippen LogP contribution in [0.3, 0.4) is 0 Å². The topological polar surface area (TPSA) is 60.9 Å². The van der Waals surface area contributed by atoms with E-state index < -0.39 is 0 Å². The van der Waals surface area contributed by atoms with Crippen LogP contribution in [0.15, 0.2) is 36.4 Å². The maximum atomic E-state index is 13.3. The van der Waals surface area contributed by atoms with Crippen molar-refractivity contribution in [2.24, 2.45) is 29.4 Å². The number of carbonyl (C=O) groups excluding carboxylic acids is 1. The molecule has 2 aromatic rings. The van der Waals surface area contributed by atoms with Gasteiger partial charge in [0, 0.05) is 29.6 Å². The van der Waals surface area contributed by atoms with Gasteiger partial charge in [-0.2, -0.15) is 5.10 Å². The third-order valence-corrected chi connectivity index (χ3v) is 6.18. The van der Waals surface area contributed by atoms with E-state index in [0.717, 1.165) is 23.4 Å². The molecule has 4 nitrogen and oxygen atoms in total. The summed E-state index contributed by atoms with van der Waals surface area (Å²) in [6.07, 6.45) is 3.89. The Morgan fingerprint density at radius 1 is 1.21 bits per heavy atom. The maximum absolute atomic E-state index is 13.3. The molecule has 0 aliphatic heterocycles. The standard InChI is InChI=1S/C24H35N3O/c1-16(2)21-11-10-17(3)12-22(21)24(28)14-20-13-23(19-8-6-5-7-9-19)26-27(20)15-18(4)25/h5-9,13,16-18,21-22H,10-12,14-15,25H2,1-4H3/t17-,18-,21+,22-/m1/s1. The van der Waals surface area contributed by atoms with Gasteiger partial charge in [-0.05, 0) is 43.6 Å². The number of aromatic nitrogens is 2. The molecule has 1 aliphatic rings. The third kappa shape index (κ3) is 4.91. The number of nitrogens with two attached hydrogens (primary N) is 1. The van der Waals surface area contributed by atoms with Gasteiger partial charge in [0.25, 0.3) is 0 Å². The highest BCUT2D eigenvalue weighted by Gasteiger charge is 2.35. The van der Waals surface area contributed by atoms with Gasteiger partial charge in [-0.1, -0.05) is 57.5 Å². The van der Waals surface area contributed by atoms with Gasteiger partial charge < -0.3 is 5.73 Å². The first-order valence-electron chi connectivity index (χ1n) is 10.8. The maximum Gasteiger partial charge on any atom is 0.142 e. The first kappa shape index (κ1) is 20.8. The summed E-state index contributed by atoms with van der Waals surface area (Å²) in [4.78, 5) is 13.3. The normalized spacial score (nSPS) is 23.7. The Kier molecular flexibility index (Phi) is 6.71. The van der Waals surface area contributed by atoms with Gasteiger partial charge in [-0.3, -0.25) is 9.48 Å². The zero-order chi connectivity index (χ0) is 20.3. The number of hydrogen-bond acceptors (Lipinski definition) is 3. The number of ketones is 1. The fourth-order valence-corrected chi connectivity index (χ4v) is 4.66. The van der Waals surface area contributed by atoms with E-state index >= 15 is 0 Å². The highest BCUT2D eigenvalue weighted by Crippen LogP contribution is 2.39. The second-order valence-corrected chi connectivity index (χ2v) is 9.12. The van der Waals surface area contributed by atoms with Gasteiger partial charge in [-0.15, -0.1) is 0 Å². The number of hydrogen-bond donors (Lipinski definition) is 1. The zero-order valence-electron chi connectivity index (χ0n) is 17.8. The molecule has 0 saturated heterocycles. The van der Waals surface area contributed by atoms with Crippen LogP contribution in [0.1, 0.15) is 52.7 Å². The van der Waals surface area contributed by atoms with Crippen LogP contribution in [-0.2, 0) is 17.8 Å². The Hall–Kier alpha value is -1.94. The lowest BCUT2D eigenvalue weighted by Gasteiger charge is -2.36. The van der Waals surface area contributed by atoms with Crippen LogP contribution in [0.5, 0.6) is 0 Å². The molecule has 4 heteroatoms. The van der Waals surface area contributed by atoms with Crippen molar-refractivity contribution >= 4 is 5.78 Å².